The Morgan fingerprint density at radius 2 is 1.77 bits per heavy atom. The summed E-state index contributed by atoms with van der Waals surface area (Å²) in [5, 5.41) is 0. The van der Waals surface area contributed by atoms with E-state index < -0.39 is 11.6 Å². The van der Waals surface area contributed by atoms with E-state index in [1.807, 2.05) is 12.1 Å². The van der Waals surface area contributed by atoms with Gasteiger partial charge in [0.1, 0.15) is 18.2 Å². The van der Waals surface area contributed by atoms with Crippen molar-refractivity contribution in [1.29, 1.82) is 0 Å². The van der Waals surface area contributed by atoms with Crippen LogP contribution in [0.1, 0.15) is 24.0 Å². The van der Waals surface area contributed by atoms with Crippen LogP contribution >= 0.6 is 0 Å². The molecule has 2 heterocycles. The molecule has 31 heavy (non-hydrogen) atoms. The first-order chi connectivity index (χ1) is 15.0. The lowest BCUT2D eigenvalue weighted by Crippen LogP contribution is -2.27. The van der Waals surface area contributed by atoms with Crippen LogP contribution in [0.3, 0.4) is 0 Å². The second kappa shape index (κ2) is 9.47. The summed E-state index contributed by atoms with van der Waals surface area (Å²) in [6, 6.07) is 6.93. The summed E-state index contributed by atoms with van der Waals surface area (Å²) in [4.78, 5) is 16.8. The van der Waals surface area contributed by atoms with Crippen LogP contribution in [0.4, 0.5) is 14.5 Å². The molecular formula is C24H26F2N2O3. The zero-order valence-corrected chi connectivity index (χ0v) is 17.6. The Kier molecular flexibility index (Phi) is 6.51. The third kappa shape index (κ3) is 5.05. The first-order valence-corrected chi connectivity index (χ1v) is 10.6. The molecule has 0 aliphatic carbocycles. The second-order valence-electron chi connectivity index (χ2n) is 7.80. The minimum atomic E-state index is -0.679. The van der Waals surface area contributed by atoms with E-state index in [0.29, 0.717) is 36.6 Å². The highest BCUT2D eigenvalue weighted by Gasteiger charge is 2.26. The van der Waals surface area contributed by atoms with E-state index in [9.17, 15) is 13.6 Å². The van der Waals surface area contributed by atoms with Gasteiger partial charge in [0, 0.05) is 31.3 Å². The minimum absolute atomic E-state index is 0.253. The number of ether oxygens (including phenoxy) is 2. The molecule has 0 spiro atoms. The Balaban J connectivity index is 1.48. The molecule has 0 aromatic heterocycles. The normalized spacial score (nSPS) is 16.2. The topological polar surface area (TPSA) is 42.0 Å². The zero-order chi connectivity index (χ0) is 21.8. The van der Waals surface area contributed by atoms with Gasteiger partial charge < -0.3 is 14.4 Å². The van der Waals surface area contributed by atoms with Gasteiger partial charge in [0.2, 0.25) is 0 Å². The van der Waals surface area contributed by atoms with Gasteiger partial charge in [-0.1, -0.05) is 0 Å². The van der Waals surface area contributed by atoms with Crippen LogP contribution in [0.2, 0.25) is 0 Å². The summed E-state index contributed by atoms with van der Waals surface area (Å²) >= 11 is 0. The van der Waals surface area contributed by atoms with Crippen LogP contribution in [0, 0.1) is 11.6 Å². The third-order valence-corrected chi connectivity index (χ3v) is 5.69. The number of carbonyl (C=O) groups is 1. The molecule has 0 radical (unpaired) electrons. The number of amides is 1. The van der Waals surface area contributed by atoms with Gasteiger partial charge in [-0.25, -0.2) is 8.78 Å². The van der Waals surface area contributed by atoms with Gasteiger partial charge in [0.25, 0.3) is 5.91 Å². The number of likely N-dealkylation sites (tertiary alicyclic amines) is 1. The van der Waals surface area contributed by atoms with Gasteiger partial charge in [0.05, 0.1) is 12.8 Å². The van der Waals surface area contributed by atoms with Crippen LogP contribution in [0.5, 0.6) is 11.5 Å². The van der Waals surface area contributed by atoms with Gasteiger partial charge in [-0.3, -0.25) is 9.69 Å². The van der Waals surface area contributed by atoms with Crippen LogP contribution in [-0.2, 0) is 11.2 Å². The number of nitrogens with zero attached hydrogens (tertiary/aromatic N) is 2. The Hall–Kier alpha value is -2.93. The first-order valence-electron chi connectivity index (χ1n) is 10.6. The fourth-order valence-corrected chi connectivity index (χ4v) is 4.12. The summed E-state index contributed by atoms with van der Waals surface area (Å²) < 4.78 is 38.2. The van der Waals surface area contributed by atoms with Crippen LogP contribution in [-0.4, -0.2) is 50.7 Å². The average Bonchev–Trinajstić information content (AvgIpc) is 3.40. The summed E-state index contributed by atoms with van der Waals surface area (Å²) in [5.74, 6) is -0.351. The van der Waals surface area contributed by atoms with E-state index in [2.05, 4.69) is 4.90 Å². The molecule has 2 aliphatic rings. The number of hydrogen-bond donors (Lipinski definition) is 0. The number of benzene rings is 2. The average molecular weight is 428 g/mol. The molecule has 4 rings (SSSR count). The number of carbonyl (C=O) groups excluding carboxylic acids is 1. The Bertz CT molecular complexity index is 967. The molecule has 2 aromatic rings. The van der Waals surface area contributed by atoms with Crippen molar-refractivity contribution >= 4 is 17.7 Å². The summed E-state index contributed by atoms with van der Waals surface area (Å²) in [6.07, 6.45) is 5.92. The van der Waals surface area contributed by atoms with Gasteiger partial charge in [-0.15, -0.1) is 0 Å². The van der Waals surface area contributed by atoms with Crippen molar-refractivity contribution in [3.8, 4) is 11.5 Å². The lowest BCUT2D eigenvalue weighted by atomic mass is 10.1. The summed E-state index contributed by atoms with van der Waals surface area (Å²) in [6.45, 7) is 4.14. The minimum Gasteiger partial charge on any atom is -0.493 e. The lowest BCUT2D eigenvalue weighted by Gasteiger charge is -2.19. The van der Waals surface area contributed by atoms with Crippen molar-refractivity contribution < 1.29 is 23.0 Å². The fraction of sp³-hybridized carbons (Fsp3) is 0.375. The first kappa shape index (κ1) is 21.3. The van der Waals surface area contributed by atoms with E-state index in [4.69, 9.17) is 9.47 Å². The Morgan fingerprint density at radius 3 is 2.48 bits per heavy atom. The SMILES string of the molecule is COc1cc2c(cc1OCCN1CCCC1)N(C(=O)/C=C/c1cc(F)cc(F)c1)CC2. The standard InChI is InChI=1S/C24H26F2N2O3/c1-30-22-14-18-6-9-28(24(29)5-4-17-12-19(25)15-20(26)13-17)21(18)16-23(22)31-11-10-27-7-2-3-8-27/h4-5,12-16H,2-3,6-11H2,1H3/b5-4+. The molecule has 1 saturated heterocycles. The molecule has 7 heteroatoms. The van der Waals surface area contributed by atoms with Crippen LogP contribution in [0.15, 0.2) is 36.4 Å². The van der Waals surface area contributed by atoms with Crippen LogP contribution < -0.4 is 14.4 Å². The van der Waals surface area contributed by atoms with Gasteiger partial charge in [0.15, 0.2) is 11.5 Å². The third-order valence-electron chi connectivity index (χ3n) is 5.69. The van der Waals surface area contributed by atoms with Crippen LogP contribution in [0.25, 0.3) is 6.08 Å². The summed E-state index contributed by atoms with van der Waals surface area (Å²) in [7, 11) is 1.60. The van der Waals surface area contributed by atoms with Gasteiger partial charge in [-0.05, 0) is 67.8 Å². The zero-order valence-electron chi connectivity index (χ0n) is 17.6. The van der Waals surface area contributed by atoms with Crippen molar-refractivity contribution in [2.75, 3.05) is 44.8 Å². The molecule has 0 N–H and O–H groups in total. The Labute approximate surface area is 180 Å². The number of methoxy groups -OCH3 is 1. The van der Waals surface area contributed by atoms with Crippen molar-refractivity contribution in [1.82, 2.24) is 4.90 Å². The molecule has 1 amide bonds. The van der Waals surface area contributed by atoms with Crippen molar-refractivity contribution in [2.45, 2.75) is 19.3 Å². The van der Waals surface area contributed by atoms with Crippen molar-refractivity contribution in [3.05, 3.63) is 59.2 Å². The second-order valence-corrected chi connectivity index (χ2v) is 7.80. The fourth-order valence-electron chi connectivity index (χ4n) is 4.12. The van der Waals surface area contributed by atoms with Gasteiger partial charge >= 0.3 is 0 Å². The molecule has 0 atom stereocenters. The monoisotopic (exact) mass is 428 g/mol. The van der Waals surface area contributed by atoms with Crippen molar-refractivity contribution in [3.63, 3.8) is 0 Å². The van der Waals surface area contributed by atoms with E-state index in [0.717, 1.165) is 37.0 Å². The number of anilines is 1. The summed E-state index contributed by atoms with van der Waals surface area (Å²) in [5.41, 5.74) is 2.07. The highest BCUT2D eigenvalue weighted by Crippen LogP contribution is 2.39. The molecule has 1 fully saturated rings. The van der Waals surface area contributed by atoms with Gasteiger partial charge in [-0.2, -0.15) is 0 Å². The highest BCUT2D eigenvalue weighted by molar-refractivity contribution is 6.05. The molecule has 5 nitrogen and oxygen atoms in total. The molecule has 2 aliphatic heterocycles. The number of halogens is 2. The predicted molar refractivity (Wildman–Crippen MR) is 116 cm³/mol. The van der Waals surface area contributed by atoms with E-state index in [1.165, 1.54) is 37.1 Å². The Morgan fingerprint density at radius 1 is 1.03 bits per heavy atom. The highest BCUT2D eigenvalue weighted by atomic mass is 19.1. The van der Waals surface area contributed by atoms with Crippen molar-refractivity contribution in [2.24, 2.45) is 0 Å². The maximum absolute atomic E-state index is 13.4. The molecule has 2 aromatic carbocycles. The largest absolute Gasteiger partial charge is 0.493 e. The van der Waals surface area contributed by atoms with E-state index in [-0.39, 0.29) is 5.91 Å². The predicted octanol–water partition coefficient (Wildman–Crippen LogP) is 4.05. The lowest BCUT2D eigenvalue weighted by molar-refractivity contribution is -0.114. The number of rotatable bonds is 7. The quantitative estimate of drug-likeness (QED) is 0.624. The molecule has 0 unspecified atom stereocenters. The molecule has 164 valence electrons. The molecule has 0 bridgehead atoms. The number of fused-ring (bicyclic) bond motifs is 1. The smallest absolute Gasteiger partial charge is 0.251 e. The maximum Gasteiger partial charge on any atom is 0.251 e. The number of hydrogen-bond acceptors (Lipinski definition) is 4. The van der Waals surface area contributed by atoms with E-state index >= 15 is 0 Å². The molecule has 0 saturated carbocycles. The maximum atomic E-state index is 13.4. The van der Waals surface area contributed by atoms with E-state index in [1.54, 1.807) is 12.0 Å². The molecular weight excluding hydrogens is 402 g/mol.